The third-order valence-corrected chi connectivity index (χ3v) is 3.53. The lowest BCUT2D eigenvalue weighted by atomic mass is 10.0. The van der Waals surface area contributed by atoms with Crippen LogP contribution in [0.4, 0.5) is 5.69 Å². The monoisotopic (exact) mass is 278 g/mol. The van der Waals surface area contributed by atoms with Gasteiger partial charge in [0.1, 0.15) is 0 Å². The van der Waals surface area contributed by atoms with E-state index in [0.717, 1.165) is 44.4 Å². The number of hydrogen-bond donors (Lipinski definition) is 1. The van der Waals surface area contributed by atoms with Crippen LogP contribution in [0.1, 0.15) is 31.2 Å². The standard InChI is InChI=1S/C15H18N2O.ClH/c18-14-8-3-7-13(11-14)16-17-10-4-6-12-5-1-2-9-15(12)17;/h1-2,5,9,11,18H,3-4,6-8,10H2;1H. The number of aliphatic hydroxyl groups is 1. The van der Waals surface area contributed by atoms with Crippen LogP contribution in [-0.4, -0.2) is 17.4 Å². The number of fused-ring (bicyclic) bond motifs is 1. The van der Waals surface area contributed by atoms with Crippen LogP contribution in [0.3, 0.4) is 0 Å². The molecule has 0 radical (unpaired) electrons. The topological polar surface area (TPSA) is 35.8 Å². The Morgan fingerprint density at radius 3 is 2.74 bits per heavy atom. The van der Waals surface area contributed by atoms with E-state index in [2.05, 4.69) is 29.3 Å². The summed E-state index contributed by atoms with van der Waals surface area (Å²) in [5.74, 6) is 0.463. The maximum absolute atomic E-state index is 9.57. The van der Waals surface area contributed by atoms with Crippen molar-refractivity contribution in [2.75, 3.05) is 11.6 Å². The second kappa shape index (κ2) is 6.11. The highest BCUT2D eigenvalue weighted by Gasteiger charge is 2.16. The Bertz CT molecular complexity index is 511. The van der Waals surface area contributed by atoms with E-state index in [1.54, 1.807) is 0 Å². The molecule has 0 saturated heterocycles. The summed E-state index contributed by atoms with van der Waals surface area (Å²) in [6, 6.07) is 8.45. The van der Waals surface area contributed by atoms with Crippen molar-refractivity contribution < 1.29 is 5.11 Å². The minimum absolute atomic E-state index is 0. The molecule has 0 spiro atoms. The summed E-state index contributed by atoms with van der Waals surface area (Å²) in [7, 11) is 0. The molecule has 0 saturated carbocycles. The van der Waals surface area contributed by atoms with E-state index < -0.39 is 0 Å². The van der Waals surface area contributed by atoms with Gasteiger partial charge in [0.25, 0.3) is 0 Å². The SMILES string of the molecule is Cl.OC1=CC(=NN2CCCc3ccccc32)CCC1. The fourth-order valence-electron chi connectivity index (χ4n) is 2.64. The lowest BCUT2D eigenvalue weighted by Crippen LogP contribution is -2.25. The van der Waals surface area contributed by atoms with E-state index in [9.17, 15) is 5.11 Å². The Morgan fingerprint density at radius 1 is 1.05 bits per heavy atom. The average Bonchev–Trinajstić information content (AvgIpc) is 2.39. The largest absolute Gasteiger partial charge is 0.512 e. The summed E-state index contributed by atoms with van der Waals surface area (Å²) < 4.78 is 0. The predicted octanol–water partition coefficient (Wildman–Crippen LogP) is 3.84. The van der Waals surface area contributed by atoms with E-state index in [4.69, 9.17) is 5.10 Å². The first kappa shape index (κ1) is 13.9. The van der Waals surface area contributed by atoms with E-state index in [1.165, 1.54) is 11.3 Å². The van der Waals surface area contributed by atoms with Gasteiger partial charge in [0.2, 0.25) is 0 Å². The molecule has 1 aliphatic heterocycles. The zero-order chi connectivity index (χ0) is 12.4. The van der Waals surface area contributed by atoms with E-state index >= 15 is 0 Å². The molecule has 0 bridgehead atoms. The zero-order valence-corrected chi connectivity index (χ0v) is 11.7. The van der Waals surface area contributed by atoms with Gasteiger partial charge >= 0.3 is 0 Å². The van der Waals surface area contributed by atoms with Gasteiger partial charge < -0.3 is 5.11 Å². The molecular formula is C15H19ClN2O. The minimum Gasteiger partial charge on any atom is -0.512 e. The van der Waals surface area contributed by atoms with Crippen LogP contribution in [-0.2, 0) is 6.42 Å². The highest BCUT2D eigenvalue weighted by molar-refractivity contribution is 5.96. The number of hydrogen-bond acceptors (Lipinski definition) is 3. The predicted molar refractivity (Wildman–Crippen MR) is 81.4 cm³/mol. The van der Waals surface area contributed by atoms with Crippen LogP contribution in [0.15, 0.2) is 41.2 Å². The summed E-state index contributed by atoms with van der Waals surface area (Å²) in [5, 5.41) is 16.4. The smallest absolute Gasteiger partial charge is 0.0941 e. The molecule has 1 N–H and O–H groups in total. The van der Waals surface area contributed by atoms with Crippen molar-refractivity contribution in [1.29, 1.82) is 0 Å². The zero-order valence-electron chi connectivity index (χ0n) is 10.9. The van der Waals surface area contributed by atoms with Crippen LogP contribution in [0.25, 0.3) is 0 Å². The lowest BCUT2D eigenvalue weighted by molar-refractivity contribution is 0.382. The van der Waals surface area contributed by atoms with Crippen LogP contribution in [0, 0.1) is 0 Å². The molecule has 3 nitrogen and oxygen atoms in total. The molecule has 102 valence electrons. The molecule has 2 aliphatic rings. The second-order valence-electron chi connectivity index (χ2n) is 4.94. The lowest BCUT2D eigenvalue weighted by Gasteiger charge is -2.27. The first-order chi connectivity index (χ1) is 8.83. The minimum atomic E-state index is 0. The number of benzene rings is 1. The highest BCUT2D eigenvalue weighted by Crippen LogP contribution is 2.27. The number of aryl methyl sites for hydroxylation is 1. The quantitative estimate of drug-likeness (QED) is 0.847. The molecule has 0 aromatic heterocycles. The van der Waals surface area contributed by atoms with Crippen molar-refractivity contribution in [1.82, 2.24) is 0 Å². The van der Waals surface area contributed by atoms with Crippen molar-refractivity contribution in [3.63, 3.8) is 0 Å². The molecule has 1 heterocycles. The van der Waals surface area contributed by atoms with Gasteiger partial charge in [0.05, 0.1) is 17.2 Å². The third-order valence-electron chi connectivity index (χ3n) is 3.53. The van der Waals surface area contributed by atoms with Gasteiger partial charge in [0, 0.05) is 13.0 Å². The van der Waals surface area contributed by atoms with Crippen molar-refractivity contribution in [3.05, 3.63) is 41.7 Å². The summed E-state index contributed by atoms with van der Waals surface area (Å²) in [5.41, 5.74) is 3.59. The van der Waals surface area contributed by atoms with Crippen LogP contribution in [0.2, 0.25) is 0 Å². The second-order valence-corrected chi connectivity index (χ2v) is 4.94. The van der Waals surface area contributed by atoms with Gasteiger partial charge in [0.15, 0.2) is 0 Å². The highest BCUT2D eigenvalue weighted by atomic mass is 35.5. The molecule has 1 aromatic carbocycles. The van der Waals surface area contributed by atoms with Crippen molar-refractivity contribution in [2.45, 2.75) is 32.1 Å². The molecule has 0 fully saturated rings. The van der Waals surface area contributed by atoms with Gasteiger partial charge in [-0.25, -0.2) is 0 Å². The molecular weight excluding hydrogens is 260 g/mol. The first-order valence-corrected chi connectivity index (χ1v) is 6.65. The number of nitrogens with zero attached hydrogens (tertiary/aromatic N) is 2. The Hall–Kier alpha value is -1.48. The molecule has 19 heavy (non-hydrogen) atoms. The van der Waals surface area contributed by atoms with E-state index in [1.807, 2.05) is 6.08 Å². The molecule has 1 aromatic rings. The van der Waals surface area contributed by atoms with Gasteiger partial charge in [-0.2, -0.15) is 5.10 Å². The molecule has 0 unspecified atom stereocenters. The molecule has 4 heteroatoms. The fourth-order valence-corrected chi connectivity index (χ4v) is 2.64. The summed E-state index contributed by atoms with van der Waals surface area (Å²) in [6.07, 6.45) is 6.85. The summed E-state index contributed by atoms with van der Waals surface area (Å²) >= 11 is 0. The fraction of sp³-hybridized carbons (Fsp3) is 0.400. The van der Waals surface area contributed by atoms with Crippen molar-refractivity contribution >= 4 is 23.8 Å². The van der Waals surface area contributed by atoms with Crippen molar-refractivity contribution in [2.24, 2.45) is 5.10 Å². The van der Waals surface area contributed by atoms with Crippen LogP contribution in [0.5, 0.6) is 0 Å². The number of allylic oxidation sites excluding steroid dienone is 2. The number of rotatable bonds is 1. The summed E-state index contributed by atoms with van der Waals surface area (Å²) in [4.78, 5) is 0. The van der Waals surface area contributed by atoms with Gasteiger partial charge in [-0.3, -0.25) is 5.01 Å². The van der Waals surface area contributed by atoms with Crippen LogP contribution >= 0.6 is 12.4 Å². The maximum atomic E-state index is 9.57. The Labute approximate surface area is 120 Å². The maximum Gasteiger partial charge on any atom is 0.0941 e. The number of anilines is 1. The molecule has 3 rings (SSSR count). The van der Waals surface area contributed by atoms with E-state index in [-0.39, 0.29) is 12.4 Å². The Morgan fingerprint density at radius 2 is 1.89 bits per heavy atom. The van der Waals surface area contributed by atoms with Gasteiger partial charge in [-0.15, -0.1) is 12.4 Å². The molecule has 0 atom stereocenters. The normalized spacial score (nSPS) is 20.5. The summed E-state index contributed by atoms with van der Waals surface area (Å²) in [6.45, 7) is 0.967. The number of halogens is 1. The van der Waals surface area contributed by atoms with Crippen molar-refractivity contribution in [3.8, 4) is 0 Å². The van der Waals surface area contributed by atoms with Crippen LogP contribution < -0.4 is 5.01 Å². The third kappa shape index (κ3) is 3.10. The number of hydrazone groups is 1. The van der Waals surface area contributed by atoms with Gasteiger partial charge in [-0.1, -0.05) is 18.2 Å². The average molecular weight is 279 g/mol. The molecule has 1 aliphatic carbocycles. The Kier molecular flexibility index (Phi) is 4.48. The van der Waals surface area contributed by atoms with Gasteiger partial charge in [-0.05, 0) is 43.4 Å². The van der Waals surface area contributed by atoms with E-state index in [0.29, 0.717) is 5.76 Å². The Balaban J connectivity index is 0.00000133. The first-order valence-electron chi connectivity index (χ1n) is 6.65. The number of aliphatic hydroxyl groups excluding tert-OH is 1. The molecule has 0 amide bonds. The number of para-hydroxylation sites is 1.